The van der Waals surface area contributed by atoms with Gasteiger partial charge in [0.2, 0.25) is 5.91 Å². The van der Waals surface area contributed by atoms with E-state index >= 15 is 0 Å². The van der Waals surface area contributed by atoms with Crippen LogP contribution in [0, 0.1) is 0 Å². The van der Waals surface area contributed by atoms with Crippen LogP contribution in [0.15, 0.2) is 0 Å². The summed E-state index contributed by atoms with van der Waals surface area (Å²) in [5.41, 5.74) is 0.268. The predicted molar refractivity (Wildman–Crippen MR) is 89.9 cm³/mol. The Morgan fingerprint density at radius 2 is 1.95 bits per heavy atom. The van der Waals surface area contributed by atoms with Gasteiger partial charge in [-0.05, 0) is 38.5 Å². The molecular weight excluding hydrogens is 274 g/mol. The first-order valence-electron chi connectivity index (χ1n) is 9.50. The molecule has 2 saturated heterocycles. The lowest BCUT2D eigenvalue weighted by molar-refractivity contribution is -0.139. The fourth-order valence-electron chi connectivity index (χ4n) is 4.84. The van der Waals surface area contributed by atoms with Gasteiger partial charge in [0.25, 0.3) is 0 Å². The zero-order valence-corrected chi connectivity index (χ0v) is 14.3. The van der Waals surface area contributed by atoms with Crippen LogP contribution in [0.2, 0.25) is 0 Å². The zero-order valence-electron chi connectivity index (χ0n) is 14.3. The molecule has 22 heavy (non-hydrogen) atoms. The number of hydrogen-bond donors (Lipinski definition) is 1. The van der Waals surface area contributed by atoms with Crippen LogP contribution >= 0.6 is 0 Å². The molecule has 1 amide bonds. The average molecular weight is 307 g/mol. The number of nitrogens with one attached hydrogen (secondary N) is 1. The molecule has 1 saturated carbocycles. The van der Waals surface area contributed by atoms with E-state index in [1.54, 1.807) is 0 Å². The Labute approximate surface area is 135 Å². The Morgan fingerprint density at radius 1 is 1.14 bits per heavy atom. The third kappa shape index (κ3) is 3.33. The van der Waals surface area contributed by atoms with E-state index in [-0.39, 0.29) is 5.54 Å². The highest BCUT2D eigenvalue weighted by Crippen LogP contribution is 2.34. The Kier molecular flexibility index (Phi) is 5.40. The maximum atomic E-state index is 12.9. The normalized spacial score (nSPS) is 29.7. The Bertz CT molecular complexity index is 370. The molecule has 0 aromatic heterocycles. The molecule has 0 bridgehead atoms. The summed E-state index contributed by atoms with van der Waals surface area (Å²) in [5.74, 6) is 0.387. The summed E-state index contributed by atoms with van der Waals surface area (Å²) in [6.07, 6.45) is 11.4. The average Bonchev–Trinajstić information content (AvgIpc) is 2.58. The monoisotopic (exact) mass is 307 g/mol. The van der Waals surface area contributed by atoms with E-state index in [2.05, 4.69) is 22.0 Å². The number of rotatable bonds is 3. The largest absolute Gasteiger partial charge is 0.339 e. The van der Waals surface area contributed by atoms with Gasteiger partial charge < -0.3 is 10.2 Å². The number of piperazine rings is 1. The molecule has 0 radical (unpaired) electrons. The highest BCUT2D eigenvalue weighted by Gasteiger charge is 2.41. The van der Waals surface area contributed by atoms with Crippen molar-refractivity contribution in [2.75, 3.05) is 32.7 Å². The van der Waals surface area contributed by atoms with Gasteiger partial charge in [-0.25, -0.2) is 0 Å². The summed E-state index contributed by atoms with van der Waals surface area (Å²) in [4.78, 5) is 17.7. The van der Waals surface area contributed by atoms with E-state index < -0.39 is 0 Å². The molecule has 2 heterocycles. The predicted octanol–water partition coefficient (Wildman–Crippen LogP) is 2.39. The van der Waals surface area contributed by atoms with Crippen molar-refractivity contribution in [2.45, 2.75) is 76.3 Å². The lowest BCUT2D eigenvalue weighted by Gasteiger charge is -2.50. The maximum Gasteiger partial charge on any atom is 0.237 e. The SMILES string of the molecule is CCC1CCCCN1C(=O)CN1CCNCC12CCCCC2. The number of amides is 1. The van der Waals surface area contributed by atoms with Crippen LogP contribution in [-0.2, 0) is 4.79 Å². The molecule has 0 aromatic rings. The number of carbonyl (C=O) groups is 1. The molecule has 2 aliphatic heterocycles. The standard InChI is InChI=1S/C18H33N3O/c1-2-16-8-4-7-12-21(16)17(22)14-20-13-11-19-15-18(20)9-5-3-6-10-18/h16,19H,2-15H2,1H3. The second kappa shape index (κ2) is 7.31. The van der Waals surface area contributed by atoms with Gasteiger partial charge in [-0.2, -0.15) is 0 Å². The molecule has 1 aliphatic carbocycles. The lowest BCUT2D eigenvalue weighted by Crippen LogP contribution is -2.64. The quantitative estimate of drug-likeness (QED) is 0.869. The minimum absolute atomic E-state index is 0.268. The molecule has 126 valence electrons. The first-order chi connectivity index (χ1) is 10.7. The van der Waals surface area contributed by atoms with Crippen molar-refractivity contribution in [3.63, 3.8) is 0 Å². The van der Waals surface area contributed by atoms with E-state index in [0.717, 1.165) is 32.6 Å². The van der Waals surface area contributed by atoms with E-state index in [9.17, 15) is 4.79 Å². The van der Waals surface area contributed by atoms with Crippen LogP contribution in [0.3, 0.4) is 0 Å². The zero-order chi connectivity index (χ0) is 15.4. The molecule has 0 aromatic carbocycles. The molecule has 3 rings (SSSR count). The van der Waals surface area contributed by atoms with E-state index in [1.807, 2.05) is 0 Å². The number of hydrogen-bond acceptors (Lipinski definition) is 3. The molecule has 1 atom stereocenters. The number of carbonyl (C=O) groups excluding carboxylic acids is 1. The fourth-order valence-corrected chi connectivity index (χ4v) is 4.84. The van der Waals surface area contributed by atoms with Crippen LogP contribution in [0.4, 0.5) is 0 Å². The molecule has 1 unspecified atom stereocenters. The second-order valence-electron chi connectivity index (χ2n) is 7.53. The van der Waals surface area contributed by atoms with Crippen molar-refractivity contribution in [3.05, 3.63) is 0 Å². The fraction of sp³-hybridized carbons (Fsp3) is 0.944. The molecule has 4 nitrogen and oxygen atoms in total. The number of piperidine rings is 1. The van der Waals surface area contributed by atoms with E-state index in [0.29, 0.717) is 18.5 Å². The van der Waals surface area contributed by atoms with Crippen LogP contribution in [0.1, 0.15) is 64.7 Å². The molecule has 1 N–H and O–H groups in total. The minimum Gasteiger partial charge on any atom is -0.339 e. The van der Waals surface area contributed by atoms with Crippen molar-refractivity contribution in [3.8, 4) is 0 Å². The van der Waals surface area contributed by atoms with Gasteiger partial charge in [0.15, 0.2) is 0 Å². The van der Waals surface area contributed by atoms with Gasteiger partial charge in [0, 0.05) is 37.8 Å². The Morgan fingerprint density at radius 3 is 2.73 bits per heavy atom. The summed E-state index contributed by atoms with van der Waals surface area (Å²) >= 11 is 0. The topological polar surface area (TPSA) is 35.6 Å². The molecule has 3 fully saturated rings. The van der Waals surface area contributed by atoms with Crippen molar-refractivity contribution in [2.24, 2.45) is 0 Å². The van der Waals surface area contributed by atoms with Crippen LogP contribution in [-0.4, -0.2) is 60.0 Å². The lowest BCUT2D eigenvalue weighted by atomic mass is 9.79. The first kappa shape index (κ1) is 16.3. The van der Waals surface area contributed by atoms with Crippen molar-refractivity contribution in [1.82, 2.24) is 15.1 Å². The number of likely N-dealkylation sites (tertiary alicyclic amines) is 1. The van der Waals surface area contributed by atoms with Crippen molar-refractivity contribution < 1.29 is 4.79 Å². The summed E-state index contributed by atoms with van der Waals surface area (Å²) in [6, 6.07) is 0.492. The Balaban J connectivity index is 1.65. The minimum atomic E-state index is 0.268. The summed E-state index contributed by atoms with van der Waals surface area (Å²) in [5, 5.41) is 3.58. The Hall–Kier alpha value is -0.610. The maximum absolute atomic E-state index is 12.9. The third-order valence-electron chi connectivity index (χ3n) is 6.21. The number of nitrogens with zero attached hydrogens (tertiary/aromatic N) is 2. The molecule has 1 spiro atoms. The van der Waals surface area contributed by atoms with Gasteiger partial charge in [-0.3, -0.25) is 9.69 Å². The van der Waals surface area contributed by atoms with Gasteiger partial charge >= 0.3 is 0 Å². The first-order valence-corrected chi connectivity index (χ1v) is 9.50. The van der Waals surface area contributed by atoms with E-state index in [1.165, 1.54) is 51.4 Å². The summed E-state index contributed by atoms with van der Waals surface area (Å²) in [6.45, 7) is 7.01. The van der Waals surface area contributed by atoms with Gasteiger partial charge in [-0.15, -0.1) is 0 Å². The third-order valence-corrected chi connectivity index (χ3v) is 6.21. The van der Waals surface area contributed by atoms with Crippen molar-refractivity contribution in [1.29, 1.82) is 0 Å². The molecule has 3 aliphatic rings. The van der Waals surface area contributed by atoms with Crippen LogP contribution in [0.25, 0.3) is 0 Å². The van der Waals surface area contributed by atoms with Crippen LogP contribution < -0.4 is 5.32 Å². The van der Waals surface area contributed by atoms with E-state index in [4.69, 9.17) is 0 Å². The highest BCUT2D eigenvalue weighted by atomic mass is 16.2. The van der Waals surface area contributed by atoms with Gasteiger partial charge in [0.05, 0.1) is 6.54 Å². The molecular formula is C18H33N3O. The van der Waals surface area contributed by atoms with Crippen LogP contribution in [0.5, 0.6) is 0 Å². The molecule has 4 heteroatoms. The smallest absolute Gasteiger partial charge is 0.237 e. The summed E-state index contributed by atoms with van der Waals surface area (Å²) in [7, 11) is 0. The van der Waals surface area contributed by atoms with Gasteiger partial charge in [0.1, 0.15) is 0 Å². The second-order valence-corrected chi connectivity index (χ2v) is 7.53. The highest BCUT2D eigenvalue weighted by molar-refractivity contribution is 5.78. The summed E-state index contributed by atoms with van der Waals surface area (Å²) < 4.78 is 0. The van der Waals surface area contributed by atoms with Crippen molar-refractivity contribution >= 4 is 5.91 Å². The van der Waals surface area contributed by atoms with Gasteiger partial charge in [-0.1, -0.05) is 26.2 Å².